The molecule has 7 nitrogen and oxygen atoms in total. The highest BCUT2D eigenvalue weighted by Gasteiger charge is 2.43. The zero-order chi connectivity index (χ0) is 45.1. The molecule has 65 heavy (non-hydrogen) atoms. The van der Waals surface area contributed by atoms with Crippen LogP contribution in [0.1, 0.15) is 45.5 Å². The van der Waals surface area contributed by atoms with E-state index in [9.17, 15) is 14.4 Å². The third-order valence-electron chi connectivity index (χ3n) is 12.5. The van der Waals surface area contributed by atoms with Gasteiger partial charge in [-0.2, -0.15) is 0 Å². The molecule has 2 amide bonds. The van der Waals surface area contributed by atoms with Crippen molar-refractivity contribution in [3.63, 3.8) is 0 Å². The maximum Gasteiger partial charge on any atom is 0.249 e. The molecule has 2 fully saturated rings. The molecule has 7 aromatic carbocycles. The number of nitrogens with zero attached hydrogens (tertiary/aromatic N) is 2. The van der Waals surface area contributed by atoms with Gasteiger partial charge in [0, 0.05) is 36.3 Å². The van der Waals surface area contributed by atoms with Gasteiger partial charge >= 0.3 is 0 Å². The molecule has 0 N–H and O–H groups in total. The quantitative estimate of drug-likeness (QED) is 0.0618. The molecule has 7 heteroatoms. The van der Waals surface area contributed by atoms with Gasteiger partial charge in [0.05, 0.1) is 14.2 Å². The Bertz CT molecular complexity index is 2680. The second kappa shape index (κ2) is 20.8. The number of carbonyl (C=O) groups excluding carboxylic acids is 3. The highest BCUT2D eigenvalue weighted by molar-refractivity contribution is 6.11. The van der Waals surface area contributed by atoms with Gasteiger partial charge in [0.15, 0.2) is 5.78 Å². The maximum atomic E-state index is 13.6. The van der Waals surface area contributed by atoms with Crippen molar-refractivity contribution in [3.05, 3.63) is 228 Å². The number of likely N-dealkylation sites (tertiary alicyclic amines) is 2. The number of carbonyl (C=O) groups is 3. The van der Waals surface area contributed by atoms with Crippen molar-refractivity contribution in [1.29, 1.82) is 0 Å². The summed E-state index contributed by atoms with van der Waals surface area (Å²) in [6.45, 7) is 5.05. The molecule has 2 aliphatic heterocycles. The van der Waals surface area contributed by atoms with Crippen molar-refractivity contribution in [1.82, 2.24) is 9.80 Å². The molecule has 0 bridgehead atoms. The molecule has 2 aliphatic rings. The standard InChI is InChI=1S/C32H29NO3.C26H25NO2/c1-36-29-18-14-24(15-19-29)22-33-28(21-30(32(33)35)31(34)27-10-6-3-7-11-27)20-23-12-16-26(17-13-23)25-8-4-2-5-9-25;1-19-16-24(27(26(19)28)18-21-10-14-25(29-2)15-11-21)17-20-8-12-23(13-9-20)22-6-4-3-5-7-22/h2-19,28,30H,20-22H2,1H3;3-15,24H,1,16-18H2,2H3/t28-,30?;24-/m10/s1. The molecule has 326 valence electrons. The van der Waals surface area contributed by atoms with Gasteiger partial charge in [0.2, 0.25) is 11.8 Å². The van der Waals surface area contributed by atoms with Crippen molar-refractivity contribution < 1.29 is 23.9 Å². The minimum absolute atomic E-state index is 0.0557. The Morgan fingerprint density at radius 2 is 0.908 bits per heavy atom. The normalized spacial score (nSPS) is 16.8. The predicted octanol–water partition coefficient (Wildman–Crippen LogP) is 11.5. The number of amides is 2. The van der Waals surface area contributed by atoms with Gasteiger partial charge in [-0.25, -0.2) is 0 Å². The van der Waals surface area contributed by atoms with Crippen molar-refractivity contribution >= 4 is 17.6 Å². The number of ketones is 1. The van der Waals surface area contributed by atoms with Crippen LogP contribution in [0.25, 0.3) is 22.3 Å². The Labute approximate surface area is 382 Å². The highest BCUT2D eigenvalue weighted by atomic mass is 16.5. The van der Waals surface area contributed by atoms with Crippen LogP contribution in [0, 0.1) is 5.92 Å². The van der Waals surface area contributed by atoms with Crippen LogP contribution in [-0.2, 0) is 35.5 Å². The van der Waals surface area contributed by atoms with E-state index >= 15 is 0 Å². The second-order valence-electron chi connectivity index (χ2n) is 16.8. The molecular formula is C58H54N2O5. The molecule has 0 aliphatic carbocycles. The average Bonchev–Trinajstić information content (AvgIpc) is 3.81. The molecular weight excluding hydrogens is 805 g/mol. The first-order valence-corrected chi connectivity index (χ1v) is 22.2. The van der Waals surface area contributed by atoms with Gasteiger partial charge in [-0.05, 0) is 94.5 Å². The summed E-state index contributed by atoms with van der Waals surface area (Å²) < 4.78 is 10.5. The van der Waals surface area contributed by atoms with E-state index in [1.807, 2.05) is 101 Å². The zero-order valence-electron chi connectivity index (χ0n) is 37.0. The number of ether oxygens (including phenoxy) is 2. The van der Waals surface area contributed by atoms with Crippen LogP contribution >= 0.6 is 0 Å². The van der Waals surface area contributed by atoms with Crippen LogP contribution in [0.2, 0.25) is 0 Å². The van der Waals surface area contributed by atoms with Gasteiger partial charge in [-0.3, -0.25) is 14.4 Å². The van der Waals surface area contributed by atoms with Gasteiger partial charge in [0.1, 0.15) is 17.4 Å². The number of Topliss-reactive ketones (excluding diaryl/α,β-unsaturated/α-hetero) is 1. The number of hydrogen-bond acceptors (Lipinski definition) is 5. The summed E-state index contributed by atoms with van der Waals surface area (Å²) in [5, 5.41) is 0. The molecule has 9 rings (SSSR count). The van der Waals surface area contributed by atoms with Crippen molar-refractivity contribution in [2.24, 2.45) is 5.92 Å². The number of hydrogen-bond donors (Lipinski definition) is 0. The first kappa shape index (κ1) is 44.1. The number of methoxy groups -OCH3 is 2. The molecule has 1 unspecified atom stereocenters. The minimum Gasteiger partial charge on any atom is -0.497 e. The lowest BCUT2D eigenvalue weighted by molar-refractivity contribution is -0.131. The first-order chi connectivity index (χ1) is 31.8. The Morgan fingerprint density at radius 1 is 0.508 bits per heavy atom. The number of rotatable bonds is 14. The summed E-state index contributed by atoms with van der Waals surface area (Å²) in [5.41, 5.74) is 10.5. The monoisotopic (exact) mass is 858 g/mol. The van der Waals surface area contributed by atoms with E-state index in [0.29, 0.717) is 37.1 Å². The van der Waals surface area contributed by atoms with E-state index in [-0.39, 0.29) is 29.7 Å². The van der Waals surface area contributed by atoms with Crippen molar-refractivity contribution in [2.75, 3.05) is 14.2 Å². The molecule has 0 spiro atoms. The lowest BCUT2D eigenvalue weighted by atomic mass is 9.92. The Kier molecular flexibility index (Phi) is 14.1. The van der Waals surface area contributed by atoms with E-state index in [2.05, 4.69) is 91.5 Å². The maximum absolute atomic E-state index is 13.6. The van der Waals surface area contributed by atoms with Gasteiger partial charge in [0.25, 0.3) is 0 Å². The smallest absolute Gasteiger partial charge is 0.249 e. The average molecular weight is 859 g/mol. The van der Waals surface area contributed by atoms with E-state index in [0.717, 1.165) is 46.6 Å². The van der Waals surface area contributed by atoms with Crippen molar-refractivity contribution in [2.45, 2.75) is 50.9 Å². The van der Waals surface area contributed by atoms with Gasteiger partial charge in [-0.15, -0.1) is 0 Å². The molecule has 7 aromatic rings. The minimum atomic E-state index is -0.653. The predicted molar refractivity (Wildman–Crippen MR) is 258 cm³/mol. The van der Waals surface area contributed by atoms with Gasteiger partial charge < -0.3 is 19.3 Å². The summed E-state index contributed by atoms with van der Waals surface area (Å²) >= 11 is 0. The molecule has 2 saturated heterocycles. The summed E-state index contributed by atoms with van der Waals surface area (Å²) in [6.07, 6.45) is 2.77. The fourth-order valence-corrected chi connectivity index (χ4v) is 8.86. The highest BCUT2D eigenvalue weighted by Crippen LogP contribution is 2.33. The summed E-state index contributed by atoms with van der Waals surface area (Å²) in [5.74, 6) is 0.818. The van der Waals surface area contributed by atoms with Crippen LogP contribution in [0.5, 0.6) is 11.5 Å². The second-order valence-corrected chi connectivity index (χ2v) is 16.8. The lowest BCUT2D eigenvalue weighted by Crippen LogP contribution is -2.35. The van der Waals surface area contributed by atoms with E-state index in [4.69, 9.17) is 9.47 Å². The molecule has 2 heterocycles. The van der Waals surface area contributed by atoms with Crippen LogP contribution in [0.15, 0.2) is 200 Å². The van der Waals surface area contributed by atoms with Crippen molar-refractivity contribution in [3.8, 4) is 33.8 Å². The van der Waals surface area contributed by atoms with E-state index < -0.39 is 5.92 Å². The summed E-state index contributed by atoms with van der Waals surface area (Å²) in [6, 6.07) is 62.7. The fourth-order valence-electron chi connectivity index (χ4n) is 8.86. The SMILES string of the molecule is C=C1C[C@@H](Cc2ccc(-c3ccccc3)cc2)N(Cc2ccc(OC)cc2)C1=O.COc1ccc(CN2C(=O)C(C(=O)c3ccccc3)C[C@H]2Cc2ccc(-c3ccccc3)cc2)cc1. The third kappa shape index (κ3) is 10.8. The Morgan fingerprint density at radius 3 is 1.37 bits per heavy atom. The fraction of sp³-hybridized carbons (Fsp3) is 0.190. The molecule has 0 radical (unpaired) electrons. The largest absolute Gasteiger partial charge is 0.497 e. The van der Waals surface area contributed by atoms with Crippen LogP contribution in [0.3, 0.4) is 0 Å². The van der Waals surface area contributed by atoms with E-state index in [1.165, 1.54) is 22.3 Å². The summed E-state index contributed by atoms with van der Waals surface area (Å²) in [7, 11) is 3.29. The van der Waals surface area contributed by atoms with Crippen LogP contribution in [0.4, 0.5) is 0 Å². The molecule has 0 saturated carbocycles. The topological polar surface area (TPSA) is 76.2 Å². The molecule has 0 aromatic heterocycles. The van der Waals surface area contributed by atoms with Crippen LogP contribution in [-0.4, -0.2) is 53.7 Å². The third-order valence-corrected chi connectivity index (χ3v) is 12.5. The van der Waals surface area contributed by atoms with E-state index in [1.54, 1.807) is 26.4 Å². The summed E-state index contributed by atoms with van der Waals surface area (Å²) in [4.78, 5) is 43.4. The number of benzene rings is 7. The zero-order valence-corrected chi connectivity index (χ0v) is 37.0. The first-order valence-electron chi connectivity index (χ1n) is 22.2. The lowest BCUT2D eigenvalue weighted by Gasteiger charge is -2.25. The van der Waals surface area contributed by atoms with Crippen LogP contribution < -0.4 is 9.47 Å². The molecule has 3 atom stereocenters. The Hall–Kier alpha value is -7.51. The Balaban J connectivity index is 0.000000181. The van der Waals surface area contributed by atoms with Gasteiger partial charge in [-0.1, -0.05) is 170 Å².